The fourth-order valence-corrected chi connectivity index (χ4v) is 7.32. The quantitative estimate of drug-likeness (QED) is 0.1000. The van der Waals surface area contributed by atoms with Crippen molar-refractivity contribution in [3.8, 4) is 17.2 Å². The van der Waals surface area contributed by atoms with Crippen LogP contribution in [0.25, 0.3) is 0 Å². The minimum atomic E-state index is -3.45. The number of para-hydroxylation sites is 3. The van der Waals surface area contributed by atoms with Crippen LogP contribution in [0.1, 0.15) is 19.3 Å². The Kier molecular flexibility index (Phi) is 12.2. The molecule has 0 spiro atoms. The van der Waals surface area contributed by atoms with Crippen LogP contribution >= 0.6 is 54.9 Å². The van der Waals surface area contributed by atoms with E-state index in [1.165, 1.54) is 0 Å². The number of halogens is 3. The van der Waals surface area contributed by atoms with Crippen LogP contribution in [0, 0.1) is 0 Å². The monoisotopic (exact) mass is 686 g/mol. The van der Waals surface area contributed by atoms with Crippen molar-refractivity contribution in [3.63, 3.8) is 0 Å². The minimum Gasteiger partial charge on any atom is -0.493 e. The van der Waals surface area contributed by atoms with Gasteiger partial charge in [0, 0.05) is 16.0 Å². The highest BCUT2D eigenvalue weighted by molar-refractivity contribution is 9.09. The highest BCUT2D eigenvalue weighted by Gasteiger charge is 2.37. The Labute approximate surface area is 233 Å². The highest BCUT2D eigenvalue weighted by atomic mass is 79.9. The molecule has 0 unspecified atom stereocenters. The zero-order valence-electron chi connectivity index (χ0n) is 19.5. The first-order valence-corrected chi connectivity index (χ1v) is 16.7. The molecule has 8 heteroatoms. The van der Waals surface area contributed by atoms with Crippen molar-refractivity contribution in [1.82, 2.24) is 0 Å². The van der Waals surface area contributed by atoms with Gasteiger partial charge >= 0.3 is 0 Å². The predicted octanol–water partition coefficient (Wildman–Crippen LogP) is 6.82. The first kappa shape index (κ1) is 28.3. The van der Waals surface area contributed by atoms with Crippen LogP contribution in [0.2, 0.25) is 0 Å². The second-order valence-corrected chi connectivity index (χ2v) is 12.7. The number of alkyl halides is 3. The highest BCUT2D eigenvalue weighted by Crippen LogP contribution is 2.49. The summed E-state index contributed by atoms with van der Waals surface area (Å²) >= 11 is 10.4. The second kappa shape index (κ2) is 15.1. The lowest BCUT2D eigenvalue weighted by molar-refractivity contribution is 0.320. The Morgan fingerprint density at radius 1 is 0.514 bits per heavy atom. The van der Waals surface area contributed by atoms with Crippen molar-refractivity contribution in [2.75, 3.05) is 35.8 Å². The summed E-state index contributed by atoms with van der Waals surface area (Å²) in [6.45, 7) is 1.57. The molecule has 188 valence electrons. The summed E-state index contributed by atoms with van der Waals surface area (Å²) < 4.78 is 34.0. The Balaban J connectivity index is 2.21. The standard InChI is InChI=1S/C27H30Br3O4P/c28-16-7-19-32-22-10-1-4-13-25(22)35(31,26-14-5-2-11-23(26)33-20-8-17-29)27-15-6-3-12-24(27)34-21-9-18-30/h1-6,10-15H,7-9,16-21H2. The maximum absolute atomic E-state index is 15.5. The Morgan fingerprint density at radius 3 is 1.09 bits per heavy atom. The molecule has 4 nitrogen and oxygen atoms in total. The van der Waals surface area contributed by atoms with Gasteiger partial charge in [-0.3, -0.25) is 0 Å². The Bertz CT molecular complexity index is 972. The van der Waals surface area contributed by atoms with Gasteiger partial charge in [0.25, 0.3) is 0 Å². The van der Waals surface area contributed by atoms with Crippen LogP contribution in [0.15, 0.2) is 72.8 Å². The molecule has 3 rings (SSSR count). The third-order valence-corrected chi connectivity index (χ3v) is 10.0. The van der Waals surface area contributed by atoms with Gasteiger partial charge in [0.2, 0.25) is 0 Å². The molecule has 0 aliphatic carbocycles. The van der Waals surface area contributed by atoms with Gasteiger partial charge in [0.15, 0.2) is 7.14 Å². The lowest BCUT2D eigenvalue weighted by Gasteiger charge is -2.26. The predicted molar refractivity (Wildman–Crippen MR) is 158 cm³/mol. The van der Waals surface area contributed by atoms with E-state index in [1.807, 2.05) is 72.8 Å². The van der Waals surface area contributed by atoms with Crippen molar-refractivity contribution in [2.24, 2.45) is 0 Å². The Morgan fingerprint density at radius 2 is 0.800 bits per heavy atom. The van der Waals surface area contributed by atoms with Crippen molar-refractivity contribution in [3.05, 3.63) is 72.8 Å². The van der Waals surface area contributed by atoms with E-state index in [0.717, 1.165) is 35.3 Å². The van der Waals surface area contributed by atoms with Gasteiger partial charge in [-0.25, -0.2) is 0 Å². The number of rotatable bonds is 15. The molecular weight excluding hydrogens is 659 g/mol. The third kappa shape index (κ3) is 7.38. The van der Waals surface area contributed by atoms with E-state index in [0.29, 0.717) is 53.0 Å². The Hall–Kier alpha value is -1.27. The summed E-state index contributed by atoms with van der Waals surface area (Å²) in [5.41, 5.74) is 0. The van der Waals surface area contributed by atoms with Gasteiger partial charge < -0.3 is 18.8 Å². The van der Waals surface area contributed by atoms with Gasteiger partial charge in [-0.15, -0.1) is 0 Å². The molecule has 0 radical (unpaired) electrons. The topological polar surface area (TPSA) is 44.8 Å². The molecule has 0 amide bonds. The summed E-state index contributed by atoms with van der Waals surface area (Å²) in [7, 11) is -3.45. The van der Waals surface area contributed by atoms with Crippen LogP contribution in [0.3, 0.4) is 0 Å². The second-order valence-electron chi connectivity index (χ2n) is 7.69. The maximum Gasteiger partial charge on any atom is 0.181 e. The third-order valence-electron chi connectivity index (χ3n) is 5.22. The van der Waals surface area contributed by atoms with Crippen LogP contribution in [-0.4, -0.2) is 35.8 Å². The molecule has 0 aliphatic heterocycles. The van der Waals surface area contributed by atoms with Crippen molar-refractivity contribution >= 4 is 70.8 Å². The molecule has 0 atom stereocenters. The molecule has 0 heterocycles. The van der Waals surface area contributed by atoms with E-state index in [4.69, 9.17) is 14.2 Å². The first-order chi connectivity index (χ1) is 17.2. The molecule has 0 aliphatic rings. The van der Waals surface area contributed by atoms with Crippen LogP contribution in [0.4, 0.5) is 0 Å². The van der Waals surface area contributed by atoms with Gasteiger partial charge in [-0.1, -0.05) is 84.2 Å². The van der Waals surface area contributed by atoms with Crippen LogP contribution < -0.4 is 30.1 Å². The van der Waals surface area contributed by atoms with Gasteiger partial charge in [0.05, 0.1) is 35.7 Å². The average molecular weight is 689 g/mol. The largest absolute Gasteiger partial charge is 0.493 e. The number of hydrogen-bond donors (Lipinski definition) is 0. The fraction of sp³-hybridized carbons (Fsp3) is 0.333. The molecule has 0 fully saturated rings. The lowest BCUT2D eigenvalue weighted by atomic mass is 10.3. The summed E-state index contributed by atoms with van der Waals surface area (Å²) in [6, 6.07) is 22.8. The number of hydrogen-bond acceptors (Lipinski definition) is 4. The molecule has 0 aromatic heterocycles. The number of ether oxygens (including phenoxy) is 3. The summed E-state index contributed by atoms with van der Waals surface area (Å²) in [4.78, 5) is 0. The van der Waals surface area contributed by atoms with Gasteiger partial charge in [0.1, 0.15) is 17.2 Å². The minimum absolute atomic E-state index is 0.523. The van der Waals surface area contributed by atoms with E-state index in [-0.39, 0.29) is 0 Å². The zero-order chi connectivity index (χ0) is 24.9. The average Bonchev–Trinajstić information content (AvgIpc) is 2.90. The SMILES string of the molecule is O=P(c1ccccc1OCCCBr)(c1ccccc1OCCCBr)c1ccccc1OCCCBr. The van der Waals surface area contributed by atoms with E-state index in [2.05, 4.69) is 47.8 Å². The van der Waals surface area contributed by atoms with Crippen LogP contribution in [0.5, 0.6) is 17.2 Å². The smallest absolute Gasteiger partial charge is 0.181 e. The van der Waals surface area contributed by atoms with Gasteiger partial charge in [-0.05, 0) is 55.7 Å². The van der Waals surface area contributed by atoms with E-state index in [1.54, 1.807) is 0 Å². The number of benzene rings is 3. The summed E-state index contributed by atoms with van der Waals surface area (Å²) in [5, 5.41) is 4.43. The molecule has 0 bridgehead atoms. The fourth-order valence-electron chi connectivity index (χ4n) is 3.62. The first-order valence-electron chi connectivity index (χ1n) is 11.6. The molecular formula is C27H30Br3O4P. The maximum atomic E-state index is 15.5. The van der Waals surface area contributed by atoms with E-state index < -0.39 is 7.14 Å². The van der Waals surface area contributed by atoms with Gasteiger partial charge in [-0.2, -0.15) is 0 Å². The normalized spacial score (nSPS) is 11.3. The molecule has 3 aromatic carbocycles. The van der Waals surface area contributed by atoms with Crippen molar-refractivity contribution < 1.29 is 18.8 Å². The molecule has 0 saturated carbocycles. The van der Waals surface area contributed by atoms with Crippen molar-refractivity contribution in [1.29, 1.82) is 0 Å². The molecule has 0 N–H and O–H groups in total. The summed E-state index contributed by atoms with van der Waals surface area (Å²) in [5.74, 6) is 1.84. The van der Waals surface area contributed by atoms with E-state index >= 15 is 4.57 Å². The summed E-state index contributed by atoms with van der Waals surface area (Å²) in [6.07, 6.45) is 2.53. The van der Waals surface area contributed by atoms with Crippen molar-refractivity contribution in [2.45, 2.75) is 19.3 Å². The van der Waals surface area contributed by atoms with Crippen LogP contribution in [-0.2, 0) is 4.57 Å². The zero-order valence-corrected chi connectivity index (χ0v) is 25.2. The van der Waals surface area contributed by atoms with E-state index in [9.17, 15) is 0 Å². The molecule has 3 aromatic rings. The molecule has 0 saturated heterocycles. The molecule has 35 heavy (non-hydrogen) atoms. The lowest BCUT2D eigenvalue weighted by Crippen LogP contribution is -2.29.